The van der Waals surface area contributed by atoms with Crippen LogP contribution in [0.1, 0.15) is 30.5 Å². The Hall–Kier alpha value is -2.67. The lowest BCUT2D eigenvalue weighted by Gasteiger charge is -2.18. The molecule has 0 bridgehead atoms. The molecule has 0 aliphatic carbocycles. The summed E-state index contributed by atoms with van der Waals surface area (Å²) in [4.78, 5) is 35.7. The van der Waals surface area contributed by atoms with Crippen LogP contribution in [0.3, 0.4) is 0 Å². The Morgan fingerprint density at radius 2 is 1.74 bits per heavy atom. The fourth-order valence-corrected chi connectivity index (χ4v) is 3.06. The monoisotopic (exact) mass is 431 g/mol. The Bertz CT molecular complexity index is 824. The molecule has 0 spiro atoms. The SMILES string of the molecule is CC(=O)N[C@H](CC(=O)NCC(=O)Nc1ccc(Br)cc1C)c1ccccc1. The fraction of sp³-hybridized carbons (Fsp3) is 0.250. The average molecular weight is 432 g/mol. The first kappa shape index (κ1) is 20.6. The third kappa shape index (κ3) is 6.86. The zero-order valence-electron chi connectivity index (χ0n) is 15.2. The van der Waals surface area contributed by atoms with E-state index >= 15 is 0 Å². The number of hydrogen-bond donors (Lipinski definition) is 3. The first-order chi connectivity index (χ1) is 12.8. The molecule has 0 radical (unpaired) electrons. The molecule has 0 saturated carbocycles. The topological polar surface area (TPSA) is 87.3 Å². The zero-order valence-corrected chi connectivity index (χ0v) is 16.8. The summed E-state index contributed by atoms with van der Waals surface area (Å²) in [6, 6.07) is 14.3. The minimum atomic E-state index is -0.444. The van der Waals surface area contributed by atoms with Crippen LogP contribution in [-0.2, 0) is 14.4 Å². The maximum Gasteiger partial charge on any atom is 0.243 e. The summed E-state index contributed by atoms with van der Waals surface area (Å²) in [5.41, 5.74) is 2.44. The molecule has 3 N–H and O–H groups in total. The molecule has 0 aliphatic rings. The Morgan fingerprint density at radius 3 is 2.37 bits per heavy atom. The van der Waals surface area contributed by atoms with Crippen molar-refractivity contribution in [3.63, 3.8) is 0 Å². The van der Waals surface area contributed by atoms with Crippen molar-refractivity contribution in [2.24, 2.45) is 0 Å². The number of benzene rings is 2. The van der Waals surface area contributed by atoms with Gasteiger partial charge in [-0.15, -0.1) is 0 Å². The van der Waals surface area contributed by atoms with Crippen molar-refractivity contribution in [2.45, 2.75) is 26.3 Å². The molecular weight excluding hydrogens is 410 g/mol. The van der Waals surface area contributed by atoms with Crippen LogP contribution in [0.2, 0.25) is 0 Å². The van der Waals surface area contributed by atoms with Crippen molar-refractivity contribution in [1.29, 1.82) is 0 Å². The van der Waals surface area contributed by atoms with E-state index in [0.717, 1.165) is 15.6 Å². The van der Waals surface area contributed by atoms with E-state index in [2.05, 4.69) is 31.9 Å². The summed E-state index contributed by atoms with van der Waals surface area (Å²) in [5.74, 6) is -0.857. The van der Waals surface area contributed by atoms with Gasteiger partial charge in [0.15, 0.2) is 0 Å². The highest BCUT2D eigenvalue weighted by atomic mass is 79.9. The Balaban J connectivity index is 1.89. The van der Waals surface area contributed by atoms with Gasteiger partial charge in [0.25, 0.3) is 0 Å². The van der Waals surface area contributed by atoms with Crippen LogP contribution >= 0.6 is 15.9 Å². The fourth-order valence-electron chi connectivity index (χ4n) is 2.58. The van der Waals surface area contributed by atoms with Gasteiger partial charge in [0.05, 0.1) is 19.0 Å². The Morgan fingerprint density at radius 1 is 1.04 bits per heavy atom. The van der Waals surface area contributed by atoms with Crippen molar-refractivity contribution in [3.05, 3.63) is 64.1 Å². The molecule has 2 aromatic carbocycles. The number of hydrogen-bond acceptors (Lipinski definition) is 3. The molecule has 2 aromatic rings. The van der Waals surface area contributed by atoms with Crippen LogP contribution < -0.4 is 16.0 Å². The molecule has 3 amide bonds. The second-order valence-corrected chi connectivity index (χ2v) is 7.07. The van der Waals surface area contributed by atoms with Crippen LogP contribution in [0.15, 0.2) is 53.0 Å². The van der Waals surface area contributed by atoms with Crippen molar-refractivity contribution in [1.82, 2.24) is 10.6 Å². The van der Waals surface area contributed by atoms with E-state index in [0.29, 0.717) is 5.69 Å². The van der Waals surface area contributed by atoms with Gasteiger partial charge < -0.3 is 16.0 Å². The minimum Gasteiger partial charge on any atom is -0.349 e. The highest BCUT2D eigenvalue weighted by molar-refractivity contribution is 9.10. The molecule has 0 fully saturated rings. The van der Waals surface area contributed by atoms with E-state index in [4.69, 9.17) is 0 Å². The van der Waals surface area contributed by atoms with E-state index in [9.17, 15) is 14.4 Å². The van der Waals surface area contributed by atoms with Gasteiger partial charge in [-0.3, -0.25) is 14.4 Å². The van der Waals surface area contributed by atoms with Gasteiger partial charge >= 0.3 is 0 Å². The average Bonchev–Trinajstić information content (AvgIpc) is 2.62. The first-order valence-corrected chi connectivity index (χ1v) is 9.29. The largest absolute Gasteiger partial charge is 0.349 e. The van der Waals surface area contributed by atoms with Gasteiger partial charge in [-0.2, -0.15) is 0 Å². The van der Waals surface area contributed by atoms with Crippen molar-refractivity contribution < 1.29 is 14.4 Å². The molecule has 0 saturated heterocycles. The van der Waals surface area contributed by atoms with Gasteiger partial charge in [-0.1, -0.05) is 46.3 Å². The van der Waals surface area contributed by atoms with Crippen molar-refractivity contribution in [2.75, 3.05) is 11.9 Å². The van der Waals surface area contributed by atoms with Crippen LogP contribution in [0.4, 0.5) is 5.69 Å². The lowest BCUT2D eigenvalue weighted by Crippen LogP contribution is -2.36. The molecular formula is C20H22BrN3O3. The van der Waals surface area contributed by atoms with Gasteiger partial charge in [-0.25, -0.2) is 0 Å². The number of halogens is 1. The van der Waals surface area contributed by atoms with Crippen molar-refractivity contribution >= 4 is 39.3 Å². The smallest absolute Gasteiger partial charge is 0.243 e. The molecule has 27 heavy (non-hydrogen) atoms. The van der Waals surface area contributed by atoms with E-state index in [1.54, 1.807) is 6.07 Å². The molecule has 2 rings (SSSR count). The summed E-state index contributed by atoms with van der Waals surface area (Å²) in [6.07, 6.45) is 0.0498. The van der Waals surface area contributed by atoms with Gasteiger partial charge in [0, 0.05) is 17.1 Å². The highest BCUT2D eigenvalue weighted by Gasteiger charge is 2.17. The van der Waals surface area contributed by atoms with E-state index in [1.807, 2.05) is 49.4 Å². The summed E-state index contributed by atoms with van der Waals surface area (Å²) in [6.45, 7) is 3.15. The van der Waals surface area contributed by atoms with E-state index in [-0.39, 0.29) is 30.7 Å². The maximum atomic E-state index is 12.2. The predicted molar refractivity (Wildman–Crippen MR) is 108 cm³/mol. The number of carbonyl (C=O) groups is 3. The van der Waals surface area contributed by atoms with E-state index in [1.165, 1.54) is 6.92 Å². The van der Waals surface area contributed by atoms with Crippen LogP contribution in [0.5, 0.6) is 0 Å². The minimum absolute atomic E-state index is 0.0498. The summed E-state index contributed by atoms with van der Waals surface area (Å²) < 4.78 is 0.927. The number of nitrogens with one attached hydrogen (secondary N) is 3. The van der Waals surface area contributed by atoms with Crippen molar-refractivity contribution in [3.8, 4) is 0 Å². The number of rotatable bonds is 7. The lowest BCUT2D eigenvalue weighted by molar-refractivity contribution is -0.125. The normalized spacial score (nSPS) is 11.4. The number of amides is 3. The number of aryl methyl sites for hydroxylation is 1. The third-order valence-corrected chi connectivity index (χ3v) is 4.37. The highest BCUT2D eigenvalue weighted by Crippen LogP contribution is 2.20. The second kappa shape index (κ2) is 9.87. The van der Waals surface area contributed by atoms with E-state index < -0.39 is 6.04 Å². The summed E-state index contributed by atoms with van der Waals surface area (Å²) >= 11 is 3.37. The molecule has 0 aromatic heterocycles. The quantitative estimate of drug-likeness (QED) is 0.629. The molecule has 1 atom stereocenters. The number of carbonyl (C=O) groups excluding carboxylic acids is 3. The zero-order chi connectivity index (χ0) is 19.8. The molecule has 142 valence electrons. The second-order valence-electron chi connectivity index (χ2n) is 6.15. The lowest BCUT2D eigenvalue weighted by atomic mass is 10.0. The first-order valence-electron chi connectivity index (χ1n) is 8.50. The van der Waals surface area contributed by atoms with Gasteiger partial charge in [-0.05, 0) is 36.2 Å². The number of anilines is 1. The van der Waals surface area contributed by atoms with Gasteiger partial charge in [0.2, 0.25) is 17.7 Å². The molecule has 0 aliphatic heterocycles. The summed E-state index contributed by atoms with van der Waals surface area (Å²) in [5, 5.41) is 8.12. The predicted octanol–water partition coefficient (Wildman–Crippen LogP) is 3.08. The maximum absolute atomic E-state index is 12.2. The van der Waals surface area contributed by atoms with Crippen LogP contribution in [0, 0.1) is 6.92 Å². The third-order valence-electron chi connectivity index (χ3n) is 3.88. The molecule has 7 heteroatoms. The van der Waals surface area contributed by atoms with Gasteiger partial charge in [0.1, 0.15) is 0 Å². The Labute approximate surface area is 166 Å². The van der Waals surface area contributed by atoms with Crippen LogP contribution in [-0.4, -0.2) is 24.3 Å². The molecule has 0 unspecified atom stereocenters. The standard InChI is InChI=1S/C20H22BrN3O3/c1-13-10-16(21)8-9-17(13)24-20(27)12-22-19(26)11-18(23-14(2)25)15-6-4-3-5-7-15/h3-10,18H,11-12H2,1-2H3,(H,22,26)(H,23,25)(H,24,27)/t18-/m1/s1. The summed E-state index contributed by atoms with van der Waals surface area (Å²) in [7, 11) is 0. The Kier molecular flexibility index (Phi) is 7.55. The molecule has 0 heterocycles. The molecule has 6 nitrogen and oxygen atoms in total. The van der Waals surface area contributed by atoms with Crippen LogP contribution in [0.25, 0.3) is 0 Å².